The molecule has 0 spiro atoms. The summed E-state index contributed by atoms with van der Waals surface area (Å²) in [6, 6.07) is 15.3. The van der Waals surface area contributed by atoms with Gasteiger partial charge in [0.15, 0.2) is 9.84 Å². The lowest BCUT2D eigenvalue weighted by Crippen LogP contribution is -2.29. The molecule has 148 valence electrons. The molecule has 0 bridgehead atoms. The van der Waals surface area contributed by atoms with Crippen LogP contribution in [0.5, 0.6) is 5.75 Å². The average Bonchev–Trinajstić information content (AvgIpc) is 3.07. The highest BCUT2D eigenvalue weighted by Gasteiger charge is 2.36. The van der Waals surface area contributed by atoms with E-state index in [9.17, 15) is 18.0 Å². The maximum atomic E-state index is 12.8. The molecule has 0 saturated carbocycles. The molecule has 3 rings (SSSR count). The van der Waals surface area contributed by atoms with Gasteiger partial charge in [-0.3, -0.25) is 9.59 Å². The van der Waals surface area contributed by atoms with Crippen molar-refractivity contribution in [2.75, 3.05) is 23.9 Å². The lowest BCUT2D eigenvalue weighted by atomic mass is 10.1. The number of nitrogens with one attached hydrogen (secondary N) is 1. The first-order chi connectivity index (χ1) is 13.4. The standard InChI is InChI=1S/C20H21NO6S/c1-26-17-9-7-16(8-10-17)21-19(22)18(14-5-3-2-4-6-14)27-20(23)15-11-12-28(24,25)13-15/h2-10,15,18H,11-13H2,1H3,(H,21,22). The summed E-state index contributed by atoms with van der Waals surface area (Å²) in [5, 5.41) is 2.71. The van der Waals surface area contributed by atoms with Gasteiger partial charge in [0, 0.05) is 11.3 Å². The number of anilines is 1. The third kappa shape index (κ3) is 4.89. The Morgan fingerprint density at radius 2 is 1.75 bits per heavy atom. The SMILES string of the molecule is COc1ccc(NC(=O)C(OC(=O)C2CCS(=O)(=O)C2)c2ccccc2)cc1. The fourth-order valence-corrected chi connectivity index (χ4v) is 4.70. The van der Waals surface area contributed by atoms with E-state index in [4.69, 9.17) is 9.47 Å². The van der Waals surface area contributed by atoms with Crippen LogP contribution in [-0.4, -0.2) is 38.9 Å². The number of ether oxygens (including phenoxy) is 2. The summed E-state index contributed by atoms with van der Waals surface area (Å²) in [7, 11) is -1.69. The van der Waals surface area contributed by atoms with E-state index < -0.39 is 33.7 Å². The molecule has 1 heterocycles. The summed E-state index contributed by atoms with van der Waals surface area (Å²) in [6.45, 7) is 0. The highest BCUT2D eigenvalue weighted by atomic mass is 32.2. The van der Waals surface area contributed by atoms with Crippen LogP contribution in [0.3, 0.4) is 0 Å². The Balaban J connectivity index is 1.76. The molecule has 8 heteroatoms. The number of rotatable bonds is 6. The van der Waals surface area contributed by atoms with E-state index in [0.717, 1.165) is 0 Å². The van der Waals surface area contributed by atoms with E-state index in [2.05, 4.69) is 5.32 Å². The molecule has 0 aromatic heterocycles. The molecule has 2 unspecified atom stereocenters. The maximum absolute atomic E-state index is 12.8. The van der Waals surface area contributed by atoms with E-state index in [0.29, 0.717) is 17.0 Å². The number of hydrogen-bond acceptors (Lipinski definition) is 6. The van der Waals surface area contributed by atoms with Crippen molar-refractivity contribution in [2.24, 2.45) is 5.92 Å². The normalized spacial score (nSPS) is 18.8. The van der Waals surface area contributed by atoms with Gasteiger partial charge in [0.05, 0.1) is 24.5 Å². The number of benzene rings is 2. The molecule has 1 saturated heterocycles. The monoisotopic (exact) mass is 403 g/mol. The minimum absolute atomic E-state index is 0.0409. The van der Waals surface area contributed by atoms with Crippen LogP contribution in [0.4, 0.5) is 5.69 Å². The molecule has 1 amide bonds. The fraction of sp³-hybridized carbons (Fsp3) is 0.300. The van der Waals surface area contributed by atoms with Crippen LogP contribution in [0.2, 0.25) is 0 Å². The van der Waals surface area contributed by atoms with E-state index in [1.807, 2.05) is 0 Å². The van der Waals surface area contributed by atoms with Gasteiger partial charge in [-0.15, -0.1) is 0 Å². The molecule has 1 N–H and O–H groups in total. The van der Waals surface area contributed by atoms with Crippen LogP contribution in [0.1, 0.15) is 18.1 Å². The summed E-state index contributed by atoms with van der Waals surface area (Å²) in [4.78, 5) is 25.3. The third-order valence-corrected chi connectivity index (χ3v) is 6.27. The minimum Gasteiger partial charge on any atom is -0.497 e. The van der Waals surface area contributed by atoms with Crippen molar-refractivity contribution in [3.8, 4) is 5.75 Å². The van der Waals surface area contributed by atoms with Crippen molar-refractivity contribution in [2.45, 2.75) is 12.5 Å². The molecule has 7 nitrogen and oxygen atoms in total. The van der Waals surface area contributed by atoms with E-state index in [-0.39, 0.29) is 17.9 Å². The zero-order valence-corrected chi connectivity index (χ0v) is 16.1. The molecular weight excluding hydrogens is 382 g/mol. The third-order valence-electron chi connectivity index (χ3n) is 4.50. The van der Waals surface area contributed by atoms with Gasteiger partial charge in [0.2, 0.25) is 6.10 Å². The van der Waals surface area contributed by atoms with Crippen LogP contribution >= 0.6 is 0 Å². The summed E-state index contributed by atoms with van der Waals surface area (Å²) >= 11 is 0. The Morgan fingerprint density at radius 1 is 1.07 bits per heavy atom. The minimum atomic E-state index is -3.23. The number of sulfone groups is 1. The molecule has 2 aromatic rings. The molecular formula is C20H21NO6S. The first-order valence-corrected chi connectivity index (χ1v) is 10.6. The van der Waals surface area contributed by atoms with Crippen LogP contribution < -0.4 is 10.1 Å². The van der Waals surface area contributed by atoms with Gasteiger partial charge in [0.25, 0.3) is 5.91 Å². The van der Waals surface area contributed by atoms with Crippen molar-refractivity contribution in [1.82, 2.24) is 0 Å². The topological polar surface area (TPSA) is 98.8 Å². The number of amides is 1. The second kappa shape index (κ2) is 8.43. The van der Waals surface area contributed by atoms with E-state index in [1.54, 1.807) is 61.7 Å². The van der Waals surface area contributed by atoms with Crippen molar-refractivity contribution in [1.29, 1.82) is 0 Å². The Morgan fingerprint density at radius 3 is 2.32 bits per heavy atom. The highest BCUT2D eigenvalue weighted by Crippen LogP contribution is 2.26. The Hall–Kier alpha value is -2.87. The van der Waals surface area contributed by atoms with Gasteiger partial charge in [0.1, 0.15) is 5.75 Å². The molecule has 0 aliphatic carbocycles. The number of carbonyl (C=O) groups is 2. The molecule has 0 radical (unpaired) electrons. The first kappa shape index (κ1) is 19.9. The number of methoxy groups -OCH3 is 1. The smallest absolute Gasteiger partial charge is 0.311 e. The predicted molar refractivity (Wildman–Crippen MR) is 104 cm³/mol. The van der Waals surface area contributed by atoms with Crippen LogP contribution in [0, 0.1) is 5.92 Å². The first-order valence-electron chi connectivity index (χ1n) is 8.79. The Labute approximate surface area is 163 Å². The van der Waals surface area contributed by atoms with Gasteiger partial charge in [-0.2, -0.15) is 0 Å². The largest absolute Gasteiger partial charge is 0.497 e. The highest BCUT2D eigenvalue weighted by molar-refractivity contribution is 7.91. The van der Waals surface area contributed by atoms with Crippen molar-refractivity contribution < 1.29 is 27.5 Å². The molecule has 1 aliphatic heterocycles. The van der Waals surface area contributed by atoms with Crippen molar-refractivity contribution in [3.05, 3.63) is 60.2 Å². The van der Waals surface area contributed by atoms with E-state index in [1.165, 1.54) is 0 Å². The van der Waals surface area contributed by atoms with Gasteiger partial charge < -0.3 is 14.8 Å². The maximum Gasteiger partial charge on any atom is 0.311 e. The van der Waals surface area contributed by atoms with Gasteiger partial charge in [-0.25, -0.2) is 8.42 Å². The molecule has 2 aromatic carbocycles. The van der Waals surface area contributed by atoms with Gasteiger partial charge >= 0.3 is 5.97 Å². The zero-order chi connectivity index (χ0) is 20.1. The molecule has 2 atom stereocenters. The average molecular weight is 403 g/mol. The van der Waals surface area contributed by atoms with E-state index >= 15 is 0 Å². The second-order valence-electron chi connectivity index (χ2n) is 6.55. The summed E-state index contributed by atoms with van der Waals surface area (Å²) < 4.78 is 33.8. The summed E-state index contributed by atoms with van der Waals surface area (Å²) in [6.07, 6.45) is -0.970. The lowest BCUT2D eigenvalue weighted by Gasteiger charge is -2.20. The number of hydrogen-bond donors (Lipinski definition) is 1. The number of esters is 1. The van der Waals surface area contributed by atoms with Crippen LogP contribution in [0.15, 0.2) is 54.6 Å². The van der Waals surface area contributed by atoms with Crippen LogP contribution in [-0.2, 0) is 24.2 Å². The quantitative estimate of drug-likeness (QED) is 0.744. The van der Waals surface area contributed by atoms with Crippen LogP contribution in [0.25, 0.3) is 0 Å². The molecule has 1 aliphatic rings. The second-order valence-corrected chi connectivity index (χ2v) is 8.77. The summed E-state index contributed by atoms with van der Waals surface area (Å²) in [5.41, 5.74) is 1.02. The lowest BCUT2D eigenvalue weighted by molar-refractivity contribution is -0.158. The summed E-state index contributed by atoms with van der Waals surface area (Å²) in [5.74, 6) is -1.59. The molecule has 28 heavy (non-hydrogen) atoms. The van der Waals surface area contributed by atoms with Crippen molar-refractivity contribution in [3.63, 3.8) is 0 Å². The molecule has 1 fully saturated rings. The van der Waals surface area contributed by atoms with Crippen molar-refractivity contribution >= 4 is 27.4 Å². The fourth-order valence-electron chi connectivity index (χ4n) is 2.98. The van der Waals surface area contributed by atoms with Gasteiger partial charge in [-0.05, 0) is 30.7 Å². The zero-order valence-electron chi connectivity index (χ0n) is 15.3. The predicted octanol–water partition coefficient (Wildman–Crippen LogP) is 2.35. The Kier molecular flexibility index (Phi) is 5.99. The Bertz CT molecular complexity index is 940. The van der Waals surface area contributed by atoms with Gasteiger partial charge in [-0.1, -0.05) is 30.3 Å². The number of carbonyl (C=O) groups excluding carboxylic acids is 2.